The molecule has 0 spiro atoms. The van der Waals surface area contributed by atoms with E-state index in [-0.39, 0.29) is 0 Å². The minimum absolute atomic E-state index is 0.710. The predicted octanol–water partition coefficient (Wildman–Crippen LogP) is 3.04. The Balaban J connectivity index is 2.41. The van der Waals surface area contributed by atoms with Gasteiger partial charge in [0.15, 0.2) is 0 Å². The van der Waals surface area contributed by atoms with Crippen molar-refractivity contribution in [1.29, 1.82) is 0 Å². The zero-order valence-electron chi connectivity index (χ0n) is 11.4. The first-order chi connectivity index (χ1) is 8.06. The Hall–Kier alpha value is -0.540. The van der Waals surface area contributed by atoms with E-state index in [1.54, 1.807) is 0 Å². The first-order valence-corrected chi connectivity index (χ1v) is 6.86. The Morgan fingerprint density at radius 1 is 1.41 bits per heavy atom. The summed E-state index contributed by atoms with van der Waals surface area (Å²) in [6.07, 6.45) is 2.11. The molecule has 0 aliphatic carbocycles. The maximum atomic E-state index is 6.25. The highest BCUT2D eigenvalue weighted by molar-refractivity contribution is 6.31. The van der Waals surface area contributed by atoms with Crippen LogP contribution in [-0.2, 0) is 13.0 Å². The molecule has 0 aliphatic heterocycles. The van der Waals surface area contributed by atoms with Gasteiger partial charge >= 0.3 is 0 Å². The second kappa shape index (κ2) is 7.02. The molecule has 1 aromatic rings. The molecule has 0 atom stereocenters. The fourth-order valence-electron chi connectivity index (χ4n) is 1.88. The van der Waals surface area contributed by atoms with Gasteiger partial charge in [0, 0.05) is 6.54 Å². The predicted molar refractivity (Wildman–Crippen MR) is 73.7 cm³/mol. The minimum Gasteiger partial charge on any atom is -0.316 e. The van der Waals surface area contributed by atoms with Crippen LogP contribution in [-0.4, -0.2) is 22.9 Å². The van der Waals surface area contributed by atoms with E-state index in [4.69, 9.17) is 11.6 Å². The SMILES string of the molecule is CCn1nc(C)c(Cl)c1CCCNCC(C)C. The number of nitrogens with one attached hydrogen (secondary N) is 1. The number of hydrogen-bond donors (Lipinski definition) is 1. The Morgan fingerprint density at radius 2 is 2.12 bits per heavy atom. The highest BCUT2D eigenvalue weighted by atomic mass is 35.5. The summed E-state index contributed by atoms with van der Waals surface area (Å²) in [4.78, 5) is 0. The average Bonchev–Trinajstić information content (AvgIpc) is 2.55. The summed E-state index contributed by atoms with van der Waals surface area (Å²) in [6, 6.07) is 0. The molecule has 0 aliphatic rings. The van der Waals surface area contributed by atoms with Crippen molar-refractivity contribution in [2.45, 2.75) is 47.1 Å². The van der Waals surface area contributed by atoms with Gasteiger partial charge < -0.3 is 5.32 Å². The fraction of sp³-hybridized carbons (Fsp3) is 0.769. The number of hydrogen-bond acceptors (Lipinski definition) is 2. The van der Waals surface area contributed by atoms with Crippen LogP contribution in [0, 0.1) is 12.8 Å². The third kappa shape index (κ3) is 4.32. The van der Waals surface area contributed by atoms with E-state index >= 15 is 0 Å². The van der Waals surface area contributed by atoms with Gasteiger partial charge in [-0.25, -0.2) is 0 Å². The highest BCUT2D eigenvalue weighted by Crippen LogP contribution is 2.21. The summed E-state index contributed by atoms with van der Waals surface area (Å²) in [5, 5.41) is 8.71. The van der Waals surface area contributed by atoms with E-state index < -0.39 is 0 Å². The van der Waals surface area contributed by atoms with E-state index in [0.29, 0.717) is 5.92 Å². The molecule has 1 aromatic heterocycles. The zero-order valence-corrected chi connectivity index (χ0v) is 12.1. The summed E-state index contributed by atoms with van der Waals surface area (Å²) < 4.78 is 2.01. The second-order valence-corrected chi connectivity index (χ2v) is 5.24. The average molecular weight is 258 g/mol. The van der Waals surface area contributed by atoms with E-state index in [9.17, 15) is 0 Å². The van der Waals surface area contributed by atoms with Crippen molar-refractivity contribution < 1.29 is 0 Å². The van der Waals surface area contributed by atoms with Crippen LogP contribution in [0.1, 0.15) is 38.6 Å². The van der Waals surface area contributed by atoms with Crippen molar-refractivity contribution in [3.63, 3.8) is 0 Å². The smallest absolute Gasteiger partial charge is 0.0847 e. The van der Waals surface area contributed by atoms with Crippen LogP contribution >= 0.6 is 11.6 Å². The number of rotatable bonds is 7. The van der Waals surface area contributed by atoms with E-state index in [1.165, 1.54) is 5.69 Å². The van der Waals surface area contributed by atoms with Crippen LogP contribution in [0.2, 0.25) is 5.02 Å². The van der Waals surface area contributed by atoms with Gasteiger partial charge in [-0.15, -0.1) is 0 Å². The molecule has 0 amide bonds. The van der Waals surface area contributed by atoms with Crippen molar-refractivity contribution in [2.75, 3.05) is 13.1 Å². The summed E-state index contributed by atoms with van der Waals surface area (Å²) >= 11 is 6.25. The maximum Gasteiger partial charge on any atom is 0.0847 e. The molecule has 0 aromatic carbocycles. The third-order valence-electron chi connectivity index (χ3n) is 2.77. The van der Waals surface area contributed by atoms with Gasteiger partial charge in [-0.1, -0.05) is 25.4 Å². The lowest BCUT2D eigenvalue weighted by Gasteiger charge is -2.08. The Labute approximate surface area is 110 Å². The van der Waals surface area contributed by atoms with Gasteiger partial charge in [0.2, 0.25) is 0 Å². The lowest BCUT2D eigenvalue weighted by atomic mass is 10.2. The molecule has 0 unspecified atom stereocenters. The first-order valence-electron chi connectivity index (χ1n) is 6.48. The van der Waals surface area contributed by atoms with Gasteiger partial charge in [-0.05, 0) is 45.7 Å². The van der Waals surface area contributed by atoms with Crippen molar-refractivity contribution in [3.8, 4) is 0 Å². The largest absolute Gasteiger partial charge is 0.316 e. The number of aromatic nitrogens is 2. The van der Waals surface area contributed by atoms with Gasteiger partial charge in [-0.2, -0.15) is 5.10 Å². The van der Waals surface area contributed by atoms with Gasteiger partial charge in [0.05, 0.1) is 16.4 Å². The van der Waals surface area contributed by atoms with Gasteiger partial charge in [-0.3, -0.25) is 4.68 Å². The molecule has 1 rings (SSSR count). The zero-order chi connectivity index (χ0) is 12.8. The molecule has 0 bridgehead atoms. The van der Waals surface area contributed by atoms with Crippen LogP contribution in [0.4, 0.5) is 0 Å². The molecular formula is C13H24ClN3. The molecule has 0 fully saturated rings. The van der Waals surface area contributed by atoms with Crippen molar-refractivity contribution in [3.05, 3.63) is 16.4 Å². The Kier molecular flexibility index (Phi) is 6.00. The number of nitrogens with zero attached hydrogens (tertiary/aromatic N) is 2. The second-order valence-electron chi connectivity index (χ2n) is 4.86. The van der Waals surface area contributed by atoms with Crippen LogP contribution in [0.5, 0.6) is 0 Å². The molecule has 0 radical (unpaired) electrons. The lowest BCUT2D eigenvalue weighted by molar-refractivity contribution is 0.534. The molecule has 0 saturated heterocycles. The summed E-state index contributed by atoms with van der Waals surface area (Å²) in [7, 11) is 0. The number of halogens is 1. The molecule has 1 heterocycles. The monoisotopic (exact) mass is 257 g/mol. The van der Waals surface area contributed by atoms with Crippen LogP contribution < -0.4 is 5.32 Å². The molecule has 17 heavy (non-hydrogen) atoms. The van der Waals surface area contributed by atoms with Gasteiger partial charge in [0.25, 0.3) is 0 Å². The van der Waals surface area contributed by atoms with Crippen LogP contribution in [0.15, 0.2) is 0 Å². The van der Waals surface area contributed by atoms with Crippen molar-refractivity contribution >= 4 is 11.6 Å². The molecule has 1 N–H and O–H groups in total. The van der Waals surface area contributed by atoms with Crippen LogP contribution in [0.3, 0.4) is 0 Å². The van der Waals surface area contributed by atoms with E-state index in [2.05, 4.69) is 31.2 Å². The first kappa shape index (κ1) is 14.5. The highest BCUT2D eigenvalue weighted by Gasteiger charge is 2.11. The van der Waals surface area contributed by atoms with E-state index in [1.807, 2.05) is 11.6 Å². The quantitative estimate of drug-likeness (QED) is 0.761. The standard InChI is InChI=1S/C13H24ClN3/c1-5-17-12(13(14)11(4)16-17)7-6-8-15-9-10(2)3/h10,15H,5-9H2,1-4H3. The Bertz CT molecular complexity index is 345. The normalized spacial score (nSPS) is 11.4. The Morgan fingerprint density at radius 3 is 2.71 bits per heavy atom. The fourth-order valence-corrected chi connectivity index (χ4v) is 2.11. The third-order valence-corrected chi connectivity index (χ3v) is 3.26. The maximum absolute atomic E-state index is 6.25. The number of aryl methyl sites for hydroxylation is 2. The van der Waals surface area contributed by atoms with Gasteiger partial charge in [0.1, 0.15) is 0 Å². The van der Waals surface area contributed by atoms with E-state index in [0.717, 1.165) is 43.2 Å². The molecule has 98 valence electrons. The molecule has 0 saturated carbocycles. The van der Waals surface area contributed by atoms with Crippen molar-refractivity contribution in [2.24, 2.45) is 5.92 Å². The summed E-state index contributed by atoms with van der Waals surface area (Å²) in [5.74, 6) is 0.710. The summed E-state index contributed by atoms with van der Waals surface area (Å²) in [6.45, 7) is 11.5. The molecule has 3 nitrogen and oxygen atoms in total. The lowest BCUT2D eigenvalue weighted by Crippen LogP contribution is -2.21. The topological polar surface area (TPSA) is 29.9 Å². The molecule has 4 heteroatoms. The van der Waals surface area contributed by atoms with Crippen molar-refractivity contribution in [1.82, 2.24) is 15.1 Å². The minimum atomic E-state index is 0.710. The molecular weight excluding hydrogens is 234 g/mol. The van der Waals surface area contributed by atoms with Crippen LogP contribution in [0.25, 0.3) is 0 Å². The summed E-state index contributed by atoms with van der Waals surface area (Å²) in [5.41, 5.74) is 2.12.